The molecule has 0 aliphatic rings. The van der Waals surface area contributed by atoms with Crippen LogP contribution in [0.15, 0.2) is 71.1 Å². The van der Waals surface area contributed by atoms with E-state index in [0.29, 0.717) is 5.58 Å². The number of carbonyl (C=O) groups excluding carboxylic acids is 1. The number of furan rings is 1. The molecule has 7 nitrogen and oxygen atoms in total. The number of anilines is 1. The summed E-state index contributed by atoms with van der Waals surface area (Å²) in [6, 6.07) is 21.3. The molecule has 0 atom stereocenters. The second-order valence-electron chi connectivity index (χ2n) is 8.47. The van der Waals surface area contributed by atoms with Crippen molar-refractivity contribution in [2.45, 2.75) is 33.1 Å². The van der Waals surface area contributed by atoms with Crippen LogP contribution < -0.4 is 10.6 Å². The van der Waals surface area contributed by atoms with Crippen molar-refractivity contribution >= 4 is 50.9 Å². The lowest BCUT2D eigenvalue weighted by molar-refractivity contribution is 0.0953. The molecule has 2 aromatic heterocycles. The Bertz CT molecular complexity index is 1500. The predicted molar refractivity (Wildman–Crippen MR) is 142 cm³/mol. The van der Waals surface area contributed by atoms with Crippen LogP contribution in [-0.4, -0.2) is 26.0 Å². The highest BCUT2D eigenvalue weighted by Crippen LogP contribution is 2.23. The normalized spacial score (nSPS) is 11.1. The number of para-hydroxylation sites is 1. The van der Waals surface area contributed by atoms with Crippen molar-refractivity contribution < 1.29 is 9.21 Å². The second-order valence-corrected chi connectivity index (χ2v) is 8.88. The van der Waals surface area contributed by atoms with E-state index in [1.807, 2.05) is 55.5 Å². The number of unbranched alkanes of at least 4 members (excludes halogenated alkanes) is 1. The fourth-order valence-corrected chi connectivity index (χ4v) is 4.11. The van der Waals surface area contributed by atoms with Crippen LogP contribution in [0.3, 0.4) is 0 Å². The van der Waals surface area contributed by atoms with E-state index in [0.717, 1.165) is 39.8 Å². The van der Waals surface area contributed by atoms with Crippen LogP contribution in [0.1, 0.15) is 41.4 Å². The molecule has 0 fully saturated rings. The zero-order valence-electron chi connectivity index (χ0n) is 19.5. The molecule has 5 aromatic rings. The lowest BCUT2D eigenvalue weighted by atomic mass is 10.1. The number of hydrogen-bond acceptors (Lipinski definition) is 5. The van der Waals surface area contributed by atoms with Gasteiger partial charge >= 0.3 is 0 Å². The van der Waals surface area contributed by atoms with Crippen LogP contribution in [0.2, 0.25) is 0 Å². The molecule has 0 aliphatic carbocycles. The maximum atomic E-state index is 12.6. The highest BCUT2D eigenvalue weighted by Gasteiger charge is 2.15. The number of nitrogens with zero attached hydrogens (tertiary/aromatic N) is 3. The van der Waals surface area contributed by atoms with E-state index in [4.69, 9.17) is 16.6 Å². The molecular weight excluding hydrogens is 458 g/mol. The summed E-state index contributed by atoms with van der Waals surface area (Å²) in [5.41, 5.74) is 6.04. The van der Waals surface area contributed by atoms with Gasteiger partial charge in [-0.15, -0.1) is 10.2 Å². The maximum absolute atomic E-state index is 12.6. The van der Waals surface area contributed by atoms with Crippen LogP contribution in [-0.2, 0) is 6.42 Å². The van der Waals surface area contributed by atoms with E-state index < -0.39 is 5.91 Å². The van der Waals surface area contributed by atoms with E-state index in [2.05, 4.69) is 39.9 Å². The van der Waals surface area contributed by atoms with Crippen molar-refractivity contribution in [3.63, 3.8) is 0 Å². The minimum absolute atomic E-state index is 0.174. The number of thiocarbonyl (C=S) groups is 1. The van der Waals surface area contributed by atoms with E-state index >= 15 is 0 Å². The van der Waals surface area contributed by atoms with E-state index in [1.54, 1.807) is 10.9 Å². The van der Waals surface area contributed by atoms with Gasteiger partial charge in [-0.25, -0.2) is 0 Å². The van der Waals surface area contributed by atoms with Crippen LogP contribution in [0.5, 0.6) is 0 Å². The monoisotopic (exact) mass is 483 g/mol. The summed E-state index contributed by atoms with van der Waals surface area (Å²) in [5.74, 6) is -0.211. The van der Waals surface area contributed by atoms with Crippen molar-refractivity contribution in [3.8, 4) is 5.69 Å². The molecule has 35 heavy (non-hydrogen) atoms. The summed E-state index contributed by atoms with van der Waals surface area (Å²) in [7, 11) is 0. The topological polar surface area (TPSA) is 85.0 Å². The van der Waals surface area contributed by atoms with E-state index in [9.17, 15) is 4.79 Å². The predicted octanol–water partition coefficient (Wildman–Crippen LogP) is 5.94. The Hall–Kier alpha value is -4.04. The first-order valence-corrected chi connectivity index (χ1v) is 12.0. The zero-order chi connectivity index (χ0) is 24.4. The third kappa shape index (κ3) is 4.93. The Morgan fingerprint density at radius 2 is 1.77 bits per heavy atom. The number of carbonyl (C=O) groups is 1. The quantitative estimate of drug-likeness (QED) is 0.291. The molecule has 5 rings (SSSR count). The van der Waals surface area contributed by atoms with Crippen LogP contribution >= 0.6 is 12.2 Å². The molecule has 2 heterocycles. The number of fused-ring (bicyclic) bond motifs is 2. The molecule has 0 aliphatic heterocycles. The standard InChI is InChI=1S/C27H25N5O2S/c1-3-4-7-18-10-12-20(13-11-18)32-30-22-14-17(2)21(16-23(22)31-32)28-27(35)29-26(33)25-15-19-8-5-6-9-24(19)34-25/h5-6,8-16H,3-4,7H2,1-2H3,(H2,28,29,33,35). The third-order valence-electron chi connectivity index (χ3n) is 5.84. The molecule has 1 amide bonds. The van der Waals surface area contributed by atoms with Gasteiger partial charge in [0.2, 0.25) is 0 Å². The summed E-state index contributed by atoms with van der Waals surface area (Å²) in [5, 5.41) is 16.1. The highest BCUT2D eigenvalue weighted by atomic mass is 32.1. The van der Waals surface area contributed by atoms with Crippen molar-refractivity contribution in [1.29, 1.82) is 0 Å². The van der Waals surface area contributed by atoms with Crippen molar-refractivity contribution in [3.05, 3.63) is 83.6 Å². The molecule has 3 aromatic carbocycles. The van der Waals surface area contributed by atoms with Gasteiger partial charge in [0.05, 0.1) is 5.69 Å². The van der Waals surface area contributed by atoms with Gasteiger partial charge in [-0.3, -0.25) is 10.1 Å². The van der Waals surface area contributed by atoms with Crippen molar-refractivity contribution in [2.24, 2.45) is 0 Å². The van der Waals surface area contributed by atoms with Crippen molar-refractivity contribution in [2.75, 3.05) is 5.32 Å². The molecule has 0 unspecified atom stereocenters. The van der Waals surface area contributed by atoms with Crippen LogP contribution in [0, 0.1) is 6.92 Å². The lowest BCUT2D eigenvalue weighted by Gasteiger charge is -2.10. The molecule has 0 saturated carbocycles. The lowest BCUT2D eigenvalue weighted by Crippen LogP contribution is -2.34. The van der Waals surface area contributed by atoms with Gasteiger partial charge in [0.25, 0.3) is 5.91 Å². The van der Waals surface area contributed by atoms with Gasteiger partial charge in [-0.1, -0.05) is 43.7 Å². The van der Waals surface area contributed by atoms with Crippen molar-refractivity contribution in [1.82, 2.24) is 20.3 Å². The molecule has 0 bridgehead atoms. The minimum atomic E-state index is -0.411. The fraction of sp³-hybridized carbons (Fsp3) is 0.185. The second kappa shape index (κ2) is 9.68. The number of aromatic nitrogens is 3. The Morgan fingerprint density at radius 3 is 2.51 bits per heavy atom. The van der Waals surface area contributed by atoms with Gasteiger partial charge in [0.15, 0.2) is 10.9 Å². The average molecular weight is 484 g/mol. The first-order chi connectivity index (χ1) is 17.0. The maximum Gasteiger partial charge on any atom is 0.293 e. The van der Waals surface area contributed by atoms with Gasteiger partial charge < -0.3 is 9.73 Å². The first kappa shape index (κ1) is 22.7. The van der Waals surface area contributed by atoms with Gasteiger partial charge in [-0.2, -0.15) is 4.80 Å². The first-order valence-electron chi connectivity index (χ1n) is 11.6. The number of aryl methyl sites for hydroxylation is 2. The Morgan fingerprint density at radius 1 is 1.03 bits per heavy atom. The average Bonchev–Trinajstić information content (AvgIpc) is 3.47. The zero-order valence-corrected chi connectivity index (χ0v) is 20.4. The van der Waals surface area contributed by atoms with Crippen LogP contribution in [0.4, 0.5) is 5.69 Å². The van der Waals surface area contributed by atoms with E-state index in [-0.39, 0.29) is 10.9 Å². The van der Waals surface area contributed by atoms with E-state index in [1.165, 1.54) is 18.4 Å². The number of amides is 1. The fourth-order valence-electron chi connectivity index (χ4n) is 3.91. The van der Waals surface area contributed by atoms with Gasteiger partial charge in [0.1, 0.15) is 16.6 Å². The molecule has 0 spiro atoms. The number of hydrogen-bond donors (Lipinski definition) is 2. The Kier molecular flexibility index (Phi) is 6.29. The van der Waals surface area contributed by atoms with Gasteiger partial charge in [0, 0.05) is 11.1 Å². The largest absolute Gasteiger partial charge is 0.451 e. The summed E-state index contributed by atoms with van der Waals surface area (Å²) >= 11 is 5.37. The molecule has 0 radical (unpaired) electrons. The molecular formula is C27H25N5O2S. The summed E-state index contributed by atoms with van der Waals surface area (Å²) in [6.07, 6.45) is 3.43. The minimum Gasteiger partial charge on any atom is -0.451 e. The summed E-state index contributed by atoms with van der Waals surface area (Å²) in [4.78, 5) is 14.2. The third-order valence-corrected chi connectivity index (χ3v) is 6.04. The molecule has 2 N–H and O–H groups in total. The van der Waals surface area contributed by atoms with Crippen LogP contribution in [0.25, 0.3) is 27.7 Å². The SMILES string of the molecule is CCCCc1ccc(-n2nc3cc(C)c(NC(=S)NC(=O)c4cc5ccccc5o4)cc3n2)cc1. The summed E-state index contributed by atoms with van der Waals surface area (Å²) < 4.78 is 5.61. The van der Waals surface area contributed by atoms with Gasteiger partial charge in [-0.05, 0) is 79.5 Å². The number of nitrogens with one attached hydrogen (secondary N) is 2. The molecule has 176 valence electrons. The Balaban J connectivity index is 1.30. The molecule has 0 saturated heterocycles. The summed E-state index contributed by atoms with van der Waals surface area (Å²) in [6.45, 7) is 4.15. The molecule has 8 heteroatoms. The Labute approximate surface area is 208 Å². The smallest absolute Gasteiger partial charge is 0.293 e. The number of rotatable bonds is 6. The number of benzene rings is 3. The highest BCUT2D eigenvalue weighted by molar-refractivity contribution is 7.80.